The second-order valence-electron chi connectivity index (χ2n) is 7.59. The van der Waals surface area contributed by atoms with E-state index in [-0.39, 0.29) is 12.5 Å². The van der Waals surface area contributed by atoms with Crippen molar-refractivity contribution in [2.24, 2.45) is 0 Å². The van der Waals surface area contributed by atoms with E-state index >= 15 is 0 Å². The van der Waals surface area contributed by atoms with Gasteiger partial charge in [-0.05, 0) is 49.9 Å². The SMILES string of the molecule is CC1CCCCN1c1ccc2cccc(OCC(=O)NCc3ccccc3)c2n1. The molecule has 0 saturated carbocycles. The molecule has 1 aliphatic heterocycles. The quantitative estimate of drug-likeness (QED) is 0.683. The van der Waals surface area contributed by atoms with Gasteiger partial charge in [-0.25, -0.2) is 4.98 Å². The third kappa shape index (κ3) is 4.67. The summed E-state index contributed by atoms with van der Waals surface area (Å²) < 4.78 is 5.85. The molecule has 1 aromatic heterocycles. The molecule has 0 spiro atoms. The van der Waals surface area contributed by atoms with E-state index in [1.807, 2.05) is 48.5 Å². The normalized spacial score (nSPS) is 16.6. The molecule has 3 aromatic rings. The number of hydrogen-bond donors (Lipinski definition) is 1. The number of carbonyl (C=O) groups excluding carboxylic acids is 1. The summed E-state index contributed by atoms with van der Waals surface area (Å²) in [6, 6.07) is 20.3. The van der Waals surface area contributed by atoms with Gasteiger partial charge in [-0.1, -0.05) is 42.5 Å². The molecule has 2 heterocycles. The van der Waals surface area contributed by atoms with E-state index in [4.69, 9.17) is 9.72 Å². The van der Waals surface area contributed by atoms with Crippen molar-refractivity contribution in [3.8, 4) is 5.75 Å². The molecule has 1 unspecified atom stereocenters. The van der Waals surface area contributed by atoms with Crippen LogP contribution in [0, 0.1) is 0 Å². The summed E-state index contributed by atoms with van der Waals surface area (Å²) in [5, 5.41) is 3.91. The third-order valence-electron chi connectivity index (χ3n) is 5.46. The maximum Gasteiger partial charge on any atom is 0.258 e. The van der Waals surface area contributed by atoms with Gasteiger partial charge in [-0.2, -0.15) is 0 Å². The second-order valence-corrected chi connectivity index (χ2v) is 7.59. The van der Waals surface area contributed by atoms with Crippen LogP contribution < -0.4 is 15.0 Å². The molecule has 0 aliphatic carbocycles. The Morgan fingerprint density at radius 1 is 1.10 bits per heavy atom. The van der Waals surface area contributed by atoms with Crippen molar-refractivity contribution in [2.75, 3.05) is 18.1 Å². The van der Waals surface area contributed by atoms with Crippen molar-refractivity contribution < 1.29 is 9.53 Å². The van der Waals surface area contributed by atoms with Crippen molar-refractivity contribution in [3.05, 3.63) is 66.2 Å². The summed E-state index contributed by atoms with van der Waals surface area (Å²) in [6.45, 7) is 3.75. The van der Waals surface area contributed by atoms with Crippen LogP contribution in [0.3, 0.4) is 0 Å². The molecule has 1 aliphatic rings. The Bertz CT molecular complexity index is 974. The minimum Gasteiger partial charge on any atom is -0.481 e. The number of para-hydroxylation sites is 1. The van der Waals surface area contributed by atoms with Gasteiger partial charge in [-0.3, -0.25) is 4.79 Å². The number of rotatable bonds is 6. The lowest BCUT2D eigenvalue weighted by atomic mass is 10.0. The second kappa shape index (κ2) is 8.95. The Morgan fingerprint density at radius 3 is 2.79 bits per heavy atom. The zero-order chi connectivity index (χ0) is 20.1. The van der Waals surface area contributed by atoms with Gasteiger partial charge in [0.2, 0.25) is 0 Å². The van der Waals surface area contributed by atoms with Gasteiger partial charge in [0, 0.05) is 24.5 Å². The average Bonchev–Trinajstić information content (AvgIpc) is 2.77. The minimum absolute atomic E-state index is 0.0298. The first-order chi connectivity index (χ1) is 14.2. The van der Waals surface area contributed by atoms with E-state index in [2.05, 4.69) is 29.3 Å². The van der Waals surface area contributed by atoms with Crippen LogP contribution in [0.25, 0.3) is 10.9 Å². The zero-order valence-corrected chi connectivity index (χ0v) is 16.8. The third-order valence-corrected chi connectivity index (χ3v) is 5.46. The van der Waals surface area contributed by atoms with E-state index in [0.29, 0.717) is 18.3 Å². The summed E-state index contributed by atoms with van der Waals surface area (Å²) in [5.74, 6) is 1.48. The molecular weight excluding hydrogens is 362 g/mol. The van der Waals surface area contributed by atoms with Crippen LogP contribution >= 0.6 is 0 Å². The van der Waals surface area contributed by atoms with Gasteiger partial charge in [0.05, 0.1) is 0 Å². The first-order valence-corrected chi connectivity index (χ1v) is 10.3. The highest BCUT2D eigenvalue weighted by atomic mass is 16.5. The minimum atomic E-state index is -0.147. The molecule has 4 rings (SSSR count). The molecule has 1 amide bonds. The van der Waals surface area contributed by atoms with E-state index in [9.17, 15) is 4.79 Å². The predicted molar refractivity (Wildman–Crippen MR) is 116 cm³/mol. The summed E-state index contributed by atoms with van der Waals surface area (Å²) in [7, 11) is 0. The molecule has 1 saturated heterocycles. The number of anilines is 1. The van der Waals surface area contributed by atoms with Gasteiger partial charge < -0.3 is 15.0 Å². The lowest BCUT2D eigenvalue weighted by Crippen LogP contribution is -2.37. The number of piperidine rings is 1. The van der Waals surface area contributed by atoms with Crippen molar-refractivity contribution in [3.63, 3.8) is 0 Å². The number of aromatic nitrogens is 1. The Morgan fingerprint density at radius 2 is 1.97 bits per heavy atom. The maximum atomic E-state index is 12.2. The fourth-order valence-corrected chi connectivity index (χ4v) is 3.82. The van der Waals surface area contributed by atoms with Crippen LogP contribution in [0.5, 0.6) is 5.75 Å². The fourth-order valence-electron chi connectivity index (χ4n) is 3.82. The summed E-state index contributed by atoms with van der Waals surface area (Å²) in [5.41, 5.74) is 1.87. The molecule has 1 atom stereocenters. The number of nitrogens with zero attached hydrogens (tertiary/aromatic N) is 2. The van der Waals surface area contributed by atoms with Gasteiger partial charge >= 0.3 is 0 Å². The molecule has 29 heavy (non-hydrogen) atoms. The Kier molecular flexibility index (Phi) is 5.94. The highest BCUT2D eigenvalue weighted by Gasteiger charge is 2.20. The first-order valence-electron chi connectivity index (χ1n) is 10.3. The van der Waals surface area contributed by atoms with Crippen LogP contribution in [0.1, 0.15) is 31.7 Å². The number of benzene rings is 2. The molecule has 2 aromatic carbocycles. The molecule has 150 valence electrons. The molecule has 5 nitrogen and oxygen atoms in total. The van der Waals surface area contributed by atoms with E-state index < -0.39 is 0 Å². The number of amides is 1. The van der Waals surface area contributed by atoms with Gasteiger partial charge in [0.15, 0.2) is 6.61 Å². The van der Waals surface area contributed by atoms with Crippen LogP contribution in [0.2, 0.25) is 0 Å². The van der Waals surface area contributed by atoms with Crippen LogP contribution in [-0.4, -0.2) is 30.1 Å². The van der Waals surface area contributed by atoms with E-state index in [1.165, 1.54) is 19.3 Å². The Balaban J connectivity index is 1.45. The Hall–Kier alpha value is -3.08. The smallest absolute Gasteiger partial charge is 0.258 e. The van der Waals surface area contributed by atoms with E-state index in [1.54, 1.807) is 0 Å². The molecule has 5 heteroatoms. The molecular formula is C24H27N3O2. The number of hydrogen-bond acceptors (Lipinski definition) is 4. The van der Waals surface area contributed by atoms with E-state index in [0.717, 1.165) is 28.8 Å². The monoisotopic (exact) mass is 389 g/mol. The average molecular weight is 389 g/mol. The first kappa shape index (κ1) is 19.2. The molecule has 1 fully saturated rings. The van der Waals surface area contributed by atoms with Crippen molar-refractivity contribution >= 4 is 22.6 Å². The van der Waals surface area contributed by atoms with Crippen LogP contribution in [0.15, 0.2) is 60.7 Å². The number of fused-ring (bicyclic) bond motifs is 1. The summed E-state index contributed by atoms with van der Waals surface area (Å²) in [6.07, 6.45) is 3.67. The maximum absolute atomic E-state index is 12.2. The number of nitrogens with one attached hydrogen (secondary N) is 1. The fraction of sp³-hybridized carbons (Fsp3) is 0.333. The van der Waals surface area contributed by atoms with Crippen molar-refractivity contribution in [2.45, 2.75) is 38.8 Å². The number of pyridine rings is 1. The van der Waals surface area contributed by atoms with Gasteiger partial charge in [0.25, 0.3) is 5.91 Å². The van der Waals surface area contributed by atoms with Gasteiger partial charge in [0.1, 0.15) is 17.1 Å². The number of carbonyl (C=O) groups is 1. The molecule has 0 radical (unpaired) electrons. The predicted octanol–water partition coefficient (Wildman–Crippen LogP) is 4.31. The molecule has 0 bridgehead atoms. The topological polar surface area (TPSA) is 54.5 Å². The molecule has 1 N–H and O–H groups in total. The van der Waals surface area contributed by atoms with Crippen LogP contribution in [-0.2, 0) is 11.3 Å². The van der Waals surface area contributed by atoms with Crippen molar-refractivity contribution in [1.82, 2.24) is 10.3 Å². The zero-order valence-electron chi connectivity index (χ0n) is 16.8. The highest BCUT2D eigenvalue weighted by molar-refractivity contribution is 5.86. The Labute approximate surface area is 171 Å². The van der Waals surface area contributed by atoms with Gasteiger partial charge in [-0.15, -0.1) is 0 Å². The van der Waals surface area contributed by atoms with Crippen LogP contribution in [0.4, 0.5) is 5.82 Å². The lowest BCUT2D eigenvalue weighted by molar-refractivity contribution is -0.123. The van der Waals surface area contributed by atoms with Crippen molar-refractivity contribution in [1.29, 1.82) is 0 Å². The standard InChI is InChI=1S/C24H27N3O2/c1-18-8-5-6-15-27(18)22-14-13-20-11-7-12-21(24(20)26-22)29-17-23(28)25-16-19-9-3-2-4-10-19/h2-4,7,9-14,18H,5-6,8,15-17H2,1H3,(H,25,28). The lowest BCUT2D eigenvalue weighted by Gasteiger charge is -2.34. The summed E-state index contributed by atoms with van der Waals surface area (Å²) in [4.78, 5) is 19.5. The summed E-state index contributed by atoms with van der Waals surface area (Å²) >= 11 is 0. The largest absolute Gasteiger partial charge is 0.481 e. The number of ether oxygens (including phenoxy) is 1. The highest BCUT2D eigenvalue weighted by Crippen LogP contribution is 2.29.